The van der Waals surface area contributed by atoms with Crippen LogP contribution in [0.3, 0.4) is 0 Å². The Bertz CT molecular complexity index is 366. The topological polar surface area (TPSA) is 21.3 Å². The van der Waals surface area contributed by atoms with Crippen molar-refractivity contribution < 1.29 is 9.13 Å². The average Bonchev–Trinajstić information content (AvgIpc) is 2.36. The molecule has 0 aliphatic heterocycles. The van der Waals surface area contributed by atoms with Gasteiger partial charge in [0.2, 0.25) is 0 Å². The maximum atomic E-state index is 13.3. The van der Waals surface area contributed by atoms with Gasteiger partial charge in [0.15, 0.2) is 0 Å². The molecule has 0 radical (unpaired) electrons. The summed E-state index contributed by atoms with van der Waals surface area (Å²) in [5.41, 5.74) is 0.900. The highest BCUT2D eigenvalue weighted by molar-refractivity contribution is 5.33. The molecule has 0 saturated heterocycles. The molecule has 0 unspecified atom stereocenters. The summed E-state index contributed by atoms with van der Waals surface area (Å²) in [6.07, 6.45) is 3.39. The number of benzene rings is 1. The molecule has 0 aliphatic rings. The van der Waals surface area contributed by atoms with Gasteiger partial charge in [0, 0.05) is 12.1 Å². The minimum absolute atomic E-state index is 0.206. The number of hydrogen-bond donors (Lipinski definition) is 1. The van der Waals surface area contributed by atoms with E-state index >= 15 is 0 Å². The van der Waals surface area contributed by atoms with E-state index in [1.807, 2.05) is 0 Å². The molecule has 19 heavy (non-hydrogen) atoms. The number of unbranched alkanes of at least 4 members (excludes halogenated alkanes) is 2. The Morgan fingerprint density at radius 1 is 1.26 bits per heavy atom. The van der Waals surface area contributed by atoms with Crippen LogP contribution >= 0.6 is 0 Å². The zero-order chi connectivity index (χ0) is 14.1. The largest absolute Gasteiger partial charge is 0.493 e. The normalized spacial score (nSPS) is 11.0. The first-order chi connectivity index (χ1) is 9.13. The summed E-state index contributed by atoms with van der Waals surface area (Å²) in [7, 11) is 0. The lowest BCUT2D eigenvalue weighted by Gasteiger charge is -2.13. The standard InChI is InChI=1S/C16H26FNO/c1-4-5-6-9-19-16-8-7-15(17)10-14(16)12-18-11-13(2)3/h7-8,10,13,18H,4-6,9,11-12H2,1-3H3. The van der Waals surface area contributed by atoms with E-state index in [9.17, 15) is 4.39 Å². The number of halogens is 1. The first kappa shape index (κ1) is 16.0. The van der Waals surface area contributed by atoms with Crippen LogP contribution in [0, 0.1) is 11.7 Å². The van der Waals surface area contributed by atoms with Crippen LogP contribution in [0.5, 0.6) is 5.75 Å². The lowest BCUT2D eigenvalue weighted by Crippen LogP contribution is -2.19. The number of hydrogen-bond acceptors (Lipinski definition) is 2. The second-order valence-corrected chi connectivity index (χ2v) is 5.33. The fraction of sp³-hybridized carbons (Fsp3) is 0.625. The van der Waals surface area contributed by atoms with Crippen LogP contribution < -0.4 is 10.1 Å². The van der Waals surface area contributed by atoms with E-state index in [1.54, 1.807) is 12.1 Å². The molecule has 0 aromatic heterocycles. The summed E-state index contributed by atoms with van der Waals surface area (Å²) >= 11 is 0. The van der Waals surface area contributed by atoms with Crippen molar-refractivity contribution in [2.75, 3.05) is 13.2 Å². The zero-order valence-corrected chi connectivity index (χ0v) is 12.3. The van der Waals surface area contributed by atoms with Gasteiger partial charge in [-0.05, 0) is 37.1 Å². The van der Waals surface area contributed by atoms with E-state index in [-0.39, 0.29) is 5.82 Å². The summed E-state index contributed by atoms with van der Waals surface area (Å²) in [6.45, 7) is 8.75. The Labute approximate surface area is 116 Å². The minimum Gasteiger partial charge on any atom is -0.493 e. The Kier molecular flexibility index (Phi) is 7.49. The molecule has 1 aromatic carbocycles. The minimum atomic E-state index is -0.206. The van der Waals surface area contributed by atoms with Gasteiger partial charge in [0.25, 0.3) is 0 Å². The van der Waals surface area contributed by atoms with Gasteiger partial charge in [-0.3, -0.25) is 0 Å². The molecule has 3 heteroatoms. The Hall–Kier alpha value is -1.09. The van der Waals surface area contributed by atoms with Crippen molar-refractivity contribution >= 4 is 0 Å². The molecule has 0 saturated carbocycles. The molecule has 0 heterocycles. The lowest BCUT2D eigenvalue weighted by atomic mass is 10.1. The van der Waals surface area contributed by atoms with Crippen molar-refractivity contribution in [1.29, 1.82) is 0 Å². The molecule has 0 fully saturated rings. The van der Waals surface area contributed by atoms with Gasteiger partial charge in [-0.2, -0.15) is 0 Å². The highest BCUT2D eigenvalue weighted by Crippen LogP contribution is 2.20. The molecule has 0 aliphatic carbocycles. The monoisotopic (exact) mass is 267 g/mol. The average molecular weight is 267 g/mol. The van der Waals surface area contributed by atoms with Crippen LogP contribution in [0.2, 0.25) is 0 Å². The van der Waals surface area contributed by atoms with Crippen molar-refractivity contribution in [3.8, 4) is 5.75 Å². The number of ether oxygens (including phenoxy) is 1. The molecule has 1 N–H and O–H groups in total. The molecule has 1 rings (SSSR count). The van der Waals surface area contributed by atoms with Gasteiger partial charge >= 0.3 is 0 Å². The van der Waals surface area contributed by atoms with E-state index in [2.05, 4.69) is 26.1 Å². The predicted molar refractivity (Wildman–Crippen MR) is 78.0 cm³/mol. The summed E-state index contributed by atoms with van der Waals surface area (Å²) in [5, 5.41) is 3.32. The Morgan fingerprint density at radius 2 is 2.05 bits per heavy atom. The van der Waals surface area contributed by atoms with Gasteiger partial charge in [-0.15, -0.1) is 0 Å². The van der Waals surface area contributed by atoms with Gasteiger partial charge in [-0.1, -0.05) is 33.6 Å². The third-order valence-corrected chi connectivity index (χ3v) is 2.90. The highest BCUT2D eigenvalue weighted by Gasteiger charge is 2.06. The first-order valence-electron chi connectivity index (χ1n) is 7.25. The third-order valence-electron chi connectivity index (χ3n) is 2.90. The van der Waals surface area contributed by atoms with Crippen LogP contribution in [-0.4, -0.2) is 13.2 Å². The number of rotatable bonds is 9. The summed E-state index contributed by atoms with van der Waals surface area (Å²) in [6, 6.07) is 4.75. The van der Waals surface area contributed by atoms with Crippen LogP contribution in [0.25, 0.3) is 0 Å². The SMILES string of the molecule is CCCCCOc1ccc(F)cc1CNCC(C)C. The van der Waals surface area contributed by atoms with Crippen molar-refractivity contribution in [1.82, 2.24) is 5.32 Å². The number of nitrogens with one attached hydrogen (secondary N) is 1. The first-order valence-corrected chi connectivity index (χ1v) is 7.25. The Balaban J connectivity index is 2.53. The molecule has 2 nitrogen and oxygen atoms in total. The molecular formula is C16H26FNO. The quantitative estimate of drug-likeness (QED) is 0.679. The van der Waals surface area contributed by atoms with E-state index < -0.39 is 0 Å². The van der Waals surface area contributed by atoms with Crippen molar-refractivity contribution in [3.63, 3.8) is 0 Å². The highest BCUT2D eigenvalue weighted by atomic mass is 19.1. The van der Waals surface area contributed by atoms with Crippen LogP contribution in [-0.2, 0) is 6.54 Å². The second kappa shape index (κ2) is 8.92. The molecule has 0 amide bonds. The fourth-order valence-corrected chi connectivity index (χ4v) is 1.86. The third kappa shape index (κ3) is 6.58. The van der Waals surface area contributed by atoms with E-state index in [4.69, 9.17) is 4.74 Å². The lowest BCUT2D eigenvalue weighted by molar-refractivity contribution is 0.301. The van der Waals surface area contributed by atoms with Crippen LogP contribution in [0.15, 0.2) is 18.2 Å². The summed E-state index contributed by atoms with van der Waals surface area (Å²) < 4.78 is 19.0. The van der Waals surface area contributed by atoms with Crippen molar-refractivity contribution in [3.05, 3.63) is 29.6 Å². The molecular weight excluding hydrogens is 241 g/mol. The zero-order valence-electron chi connectivity index (χ0n) is 12.3. The van der Waals surface area contributed by atoms with Gasteiger partial charge < -0.3 is 10.1 Å². The fourth-order valence-electron chi connectivity index (χ4n) is 1.86. The van der Waals surface area contributed by atoms with Gasteiger partial charge in [-0.25, -0.2) is 4.39 Å². The van der Waals surface area contributed by atoms with Gasteiger partial charge in [0.1, 0.15) is 11.6 Å². The summed E-state index contributed by atoms with van der Waals surface area (Å²) in [5.74, 6) is 1.18. The van der Waals surface area contributed by atoms with Crippen molar-refractivity contribution in [2.24, 2.45) is 5.92 Å². The molecule has 0 atom stereocenters. The Morgan fingerprint density at radius 3 is 2.74 bits per heavy atom. The molecule has 0 spiro atoms. The maximum absolute atomic E-state index is 13.3. The molecule has 0 bridgehead atoms. The second-order valence-electron chi connectivity index (χ2n) is 5.33. The van der Waals surface area contributed by atoms with Crippen LogP contribution in [0.1, 0.15) is 45.6 Å². The van der Waals surface area contributed by atoms with E-state index in [1.165, 1.54) is 18.9 Å². The maximum Gasteiger partial charge on any atom is 0.123 e. The van der Waals surface area contributed by atoms with Gasteiger partial charge in [0.05, 0.1) is 6.61 Å². The van der Waals surface area contributed by atoms with E-state index in [0.717, 1.165) is 24.3 Å². The van der Waals surface area contributed by atoms with E-state index in [0.29, 0.717) is 19.1 Å². The van der Waals surface area contributed by atoms with Crippen LogP contribution in [0.4, 0.5) is 4.39 Å². The molecule has 1 aromatic rings. The summed E-state index contributed by atoms with van der Waals surface area (Å²) in [4.78, 5) is 0. The van der Waals surface area contributed by atoms with Crippen molar-refractivity contribution in [2.45, 2.75) is 46.6 Å². The predicted octanol–water partition coefficient (Wildman–Crippen LogP) is 4.14. The smallest absolute Gasteiger partial charge is 0.123 e. The molecule has 108 valence electrons.